The minimum absolute atomic E-state index is 0.150. The molecule has 31 heavy (non-hydrogen) atoms. The van der Waals surface area contributed by atoms with Crippen molar-refractivity contribution in [3.8, 4) is 0 Å². The lowest BCUT2D eigenvalue weighted by Crippen LogP contribution is -2.43. The maximum absolute atomic E-state index is 12.8. The van der Waals surface area contributed by atoms with Crippen LogP contribution in [0.1, 0.15) is 37.3 Å². The molecule has 0 unspecified atom stereocenters. The fraction of sp³-hybridized carbons (Fsp3) is 0.435. The Labute approximate surface area is 186 Å². The van der Waals surface area contributed by atoms with Crippen LogP contribution < -0.4 is 21.1 Å². The summed E-state index contributed by atoms with van der Waals surface area (Å²) in [5.74, 6) is 0.485. The Morgan fingerprint density at radius 3 is 2.68 bits per heavy atom. The lowest BCUT2D eigenvalue weighted by Gasteiger charge is -2.30. The van der Waals surface area contributed by atoms with Crippen LogP contribution in [0.5, 0.6) is 0 Å². The number of rotatable bonds is 4. The molecule has 1 saturated heterocycles. The molecule has 8 heteroatoms. The zero-order chi connectivity index (χ0) is 21.4. The van der Waals surface area contributed by atoms with E-state index in [2.05, 4.69) is 45.6 Å². The van der Waals surface area contributed by atoms with Crippen molar-refractivity contribution in [3.63, 3.8) is 0 Å². The molecule has 3 aromatic rings. The maximum atomic E-state index is 12.8. The van der Waals surface area contributed by atoms with Crippen molar-refractivity contribution in [2.75, 3.05) is 36.4 Å². The number of anilines is 3. The Morgan fingerprint density at radius 1 is 1.16 bits per heavy atom. The number of hydrogen-bond acceptors (Lipinski definition) is 6. The highest BCUT2D eigenvalue weighted by molar-refractivity contribution is 6.31. The van der Waals surface area contributed by atoms with Crippen LogP contribution in [0.4, 0.5) is 17.3 Å². The van der Waals surface area contributed by atoms with Crippen molar-refractivity contribution < 1.29 is 0 Å². The van der Waals surface area contributed by atoms with E-state index in [9.17, 15) is 4.79 Å². The van der Waals surface area contributed by atoms with Crippen LogP contribution in [0.15, 0.2) is 35.3 Å². The molecule has 0 amide bonds. The predicted octanol–water partition coefficient (Wildman–Crippen LogP) is 4.02. The van der Waals surface area contributed by atoms with Crippen molar-refractivity contribution in [2.24, 2.45) is 0 Å². The molecule has 7 nitrogen and oxygen atoms in total. The van der Waals surface area contributed by atoms with Gasteiger partial charge < -0.3 is 15.5 Å². The minimum Gasteiger partial charge on any atom is -0.369 e. The summed E-state index contributed by atoms with van der Waals surface area (Å²) < 4.78 is 1.78. The molecule has 0 radical (unpaired) electrons. The second kappa shape index (κ2) is 8.48. The SMILES string of the molecule is Cc1cc(N2CCNCC2)ccc1Nc1ncc2cc(Cl)c(=O)n(C3CCCC3)c2n1. The summed E-state index contributed by atoms with van der Waals surface area (Å²) in [4.78, 5) is 24.4. The number of pyridine rings is 1. The standard InChI is InChI=1S/C23H27ClN6O/c1-15-12-18(29-10-8-25-9-11-29)6-7-20(15)27-23-26-14-16-13-19(24)22(31)30(21(16)28-23)17-4-2-3-5-17/h6-7,12-14,17,25H,2-5,8-11H2,1H3,(H,26,27,28). The molecule has 0 atom stereocenters. The van der Waals surface area contributed by atoms with E-state index in [1.54, 1.807) is 16.8 Å². The first-order valence-electron chi connectivity index (χ1n) is 11.0. The molecule has 0 bridgehead atoms. The molecular weight excluding hydrogens is 412 g/mol. The molecule has 1 saturated carbocycles. The fourth-order valence-electron chi connectivity index (χ4n) is 4.68. The Morgan fingerprint density at radius 2 is 1.94 bits per heavy atom. The van der Waals surface area contributed by atoms with Gasteiger partial charge in [0.15, 0.2) is 0 Å². The largest absolute Gasteiger partial charge is 0.369 e. The minimum atomic E-state index is -0.165. The van der Waals surface area contributed by atoms with Gasteiger partial charge in [0.05, 0.1) is 0 Å². The van der Waals surface area contributed by atoms with E-state index in [0.717, 1.165) is 68.5 Å². The van der Waals surface area contributed by atoms with Gasteiger partial charge in [-0.3, -0.25) is 9.36 Å². The first kappa shape index (κ1) is 20.3. The number of piperazine rings is 1. The number of aryl methyl sites for hydroxylation is 1. The molecule has 162 valence electrons. The van der Waals surface area contributed by atoms with Crippen molar-refractivity contribution in [1.82, 2.24) is 19.9 Å². The van der Waals surface area contributed by atoms with Crippen LogP contribution in [-0.4, -0.2) is 40.7 Å². The zero-order valence-electron chi connectivity index (χ0n) is 17.7. The van der Waals surface area contributed by atoms with Gasteiger partial charge in [-0.15, -0.1) is 0 Å². The second-order valence-electron chi connectivity index (χ2n) is 8.44. The van der Waals surface area contributed by atoms with Crippen molar-refractivity contribution >= 4 is 40.0 Å². The highest BCUT2D eigenvalue weighted by atomic mass is 35.5. The Balaban J connectivity index is 1.47. The predicted molar refractivity (Wildman–Crippen MR) is 126 cm³/mol. The van der Waals surface area contributed by atoms with Crippen molar-refractivity contribution in [2.45, 2.75) is 38.6 Å². The lowest BCUT2D eigenvalue weighted by atomic mass is 10.1. The van der Waals surface area contributed by atoms with E-state index in [4.69, 9.17) is 16.6 Å². The summed E-state index contributed by atoms with van der Waals surface area (Å²) in [6.07, 6.45) is 5.95. The van der Waals surface area contributed by atoms with Crippen LogP contribution in [0.2, 0.25) is 5.02 Å². The van der Waals surface area contributed by atoms with E-state index in [-0.39, 0.29) is 16.6 Å². The van der Waals surface area contributed by atoms with Crippen molar-refractivity contribution in [3.05, 3.63) is 51.4 Å². The molecule has 5 rings (SSSR count). The summed E-state index contributed by atoms with van der Waals surface area (Å²) in [5, 5.41) is 7.74. The number of halogens is 1. The average molecular weight is 439 g/mol. The van der Waals surface area contributed by atoms with Gasteiger partial charge in [-0.1, -0.05) is 24.4 Å². The first-order chi connectivity index (χ1) is 15.1. The summed E-state index contributed by atoms with van der Waals surface area (Å²) in [5.41, 5.74) is 3.80. The molecule has 1 aliphatic carbocycles. The highest BCUT2D eigenvalue weighted by Crippen LogP contribution is 2.31. The normalized spacial score (nSPS) is 17.4. The van der Waals surface area contributed by atoms with E-state index >= 15 is 0 Å². The number of fused-ring (bicyclic) bond motifs is 1. The topological polar surface area (TPSA) is 75.1 Å². The third-order valence-corrected chi connectivity index (χ3v) is 6.63. The van der Waals surface area contributed by atoms with Gasteiger partial charge in [-0.05, 0) is 49.6 Å². The van der Waals surface area contributed by atoms with Crippen LogP contribution >= 0.6 is 11.6 Å². The monoisotopic (exact) mass is 438 g/mol. The Hall–Kier alpha value is -2.64. The third-order valence-electron chi connectivity index (χ3n) is 6.36. The molecule has 2 fully saturated rings. The number of hydrogen-bond donors (Lipinski definition) is 2. The Kier molecular flexibility index (Phi) is 5.54. The van der Waals surface area contributed by atoms with Crippen LogP contribution in [0, 0.1) is 6.92 Å². The molecule has 2 aliphatic rings. The molecule has 2 aromatic heterocycles. The molecule has 1 aliphatic heterocycles. The molecule has 2 N–H and O–H groups in total. The first-order valence-corrected chi connectivity index (χ1v) is 11.4. The van der Waals surface area contributed by atoms with E-state index in [0.29, 0.717) is 11.6 Å². The average Bonchev–Trinajstić information content (AvgIpc) is 3.31. The maximum Gasteiger partial charge on any atom is 0.271 e. The van der Waals surface area contributed by atoms with Gasteiger partial charge in [-0.2, -0.15) is 4.98 Å². The number of nitrogens with zero attached hydrogens (tertiary/aromatic N) is 4. The molecule has 0 spiro atoms. The summed E-state index contributed by atoms with van der Waals surface area (Å²) >= 11 is 6.23. The molecule has 1 aromatic carbocycles. The smallest absolute Gasteiger partial charge is 0.271 e. The van der Waals surface area contributed by atoms with E-state index in [1.165, 1.54) is 5.69 Å². The van der Waals surface area contributed by atoms with Crippen molar-refractivity contribution in [1.29, 1.82) is 0 Å². The van der Waals surface area contributed by atoms with Crippen LogP contribution in [-0.2, 0) is 0 Å². The third kappa shape index (κ3) is 4.00. The number of benzene rings is 1. The summed E-state index contributed by atoms with van der Waals surface area (Å²) in [6, 6.07) is 8.23. The quantitative estimate of drug-likeness (QED) is 0.640. The fourth-order valence-corrected chi connectivity index (χ4v) is 4.88. The number of nitrogens with one attached hydrogen (secondary N) is 2. The summed E-state index contributed by atoms with van der Waals surface area (Å²) in [7, 11) is 0. The Bertz CT molecular complexity index is 1160. The van der Waals surface area contributed by atoms with Gasteiger partial charge in [0.1, 0.15) is 10.7 Å². The van der Waals surface area contributed by atoms with Gasteiger partial charge in [0.25, 0.3) is 5.56 Å². The van der Waals surface area contributed by atoms with Crippen LogP contribution in [0.3, 0.4) is 0 Å². The molecular formula is C23H27ClN6O. The van der Waals surface area contributed by atoms with Gasteiger partial charge in [0, 0.05) is 55.2 Å². The molecule has 3 heterocycles. The van der Waals surface area contributed by atoms with Gasteiger partial charge in [-0.25, -0.2) is 4.98 Å². The van der Waals surface area contributed by atoms with Gasteiger partial charge >= 0.3 is 0 Å². The van der Waals surface area contributed by atoms with Gasteiger partial charge in [0.2, 0.25) is 5.95 Å². The summed E-state index contributed by atoms with van der Waals surface area (Å²) in [6.45, 7) is 6.14. The second-order valence-corrected chi connectivity index (χ2v) is 8.85. The van der Waals surface area contributed by atoms with E-state index in [1.807, 2.05) is 0 Å². The number of aromatic nitrogens is 3. The van der Waals surface area contributed by atoms with Crippen LogP contribution in [0.25, 0.3) is 11.0 Å². The lowest BCUT2D eigenvalue weighted by molar-refractivity contribution is 0.516. The zero-order valence-corrected chi connectivity index (χ0v) is 18.5. The van der Waals surface area contributed by atoms with E-state index < -0.39 is 0 Å². The highest BCUT2D eigenvalue weighted by Gasteiger charge is 2.22.